The van der Waals surface area contributed by atoms with Crippen LogP contribution in [0.1, 0.15) is 98.6 Å². The number of likely N-dealkylation sites (N-methyl/N-ethyl adjacent to an activating group) is 2. The summed E-state index contributed by atoms with van der Waals surface area (Å²) in [6, 6.07) is 3.40. The van der Waals surface area contributed by atoms with Gasteiger partial charge in [0, 0.05) is 30.8 Å². The number of halogens is 10. The van der Waals surface area contributed by atoms with Crippen LogP contribution in [0.5, 0.6) is 0 Å². The molecule has 7 rings (SSSR count). The molecule has 74 heavy (non-hydrogen) atoms. The summed E-state index contributed by atoms with van der Waals surface area (Å²) < 4.78 is 139. The number of nitrogens with two attached hydrogens (primary N) is 2. The van der Waals surface area contributed by atoms with Crippen LogP contribution in [0.2, 0.25) is 0 Å². The Morgan fingerprint density at radius 3 is 1.64 bits per heavy atom. The fourth-order valence-electron chi connectivity index (χ4n) is 8.50. The number of benzene rings is 2. The molecule has 398 valence electrons. The van der Waals surface area contributed by atoms with Gasteiger partial charge in [0.15, 0.2) is 6.23 Å². The first-order valence-electron chi connectivity index (χ1n) is 22.7. The van der Waals surface area contributed by atoms with Gasteiger partial charge in [-0.1, -0.05) is 24.3 Å². The molecular weight excluding hydrogens is 1000 g/mol. The highest BCUT2D eigenvalue weighted by Crippen LogP contribution is 2.46. The lowest BCUT2D eigenvalue weighted by Crippen LogP contribution is -2.41. The first-order chi connectivity index (χ1) is 34.6. The largest absolute Gasteiger partial charge is 0.458 e. The number of carbonyl (C=O) groups excluding carboxylic acids is 4. The van der Waals surface area contributed by atoms with Crippen molar-refractivity contribution in [3.63, 3.8) is 0 Å². The van der Waals surface area contributed by atoms with Crippen LogP contribution >= 0.6 is 0 Å². The summed E-state index contributed by atoms with van der Waals surface area (Å²) in [6.45, 7) is 9.69. The van der Waals surface area contributed by atoms with Crippen molar-refractivity contribution in [2.45, 2.75) is 103 Å². The maximum Gasteiger partial charge on any atom is 0.458 e. The molecule has 1 saturated heterocycles. The number of amides is 4. The van der Waals surface area contributed by atoms with Gasteiger partial charge in [-0.05, 0) is 95.2 Å². The molecule has 3 atom stereocenters. The van der Waals surface area contributed by atoms with E-state index in [1.165, 1.54) is 50.5 Å². The van der Waals surface area contributed by atoms with E-state index in [9.17, 15) is 63.1 Å². The number of aromatic nitrogens is 6. The zero-order chi connectivity index (χ0) is 54.8. The number of nitrogen functional groups attached to an aromatic ring is 2. The number of nitrogens with zero attached hydrogens (tertiary/aromatic N) is 7. The molecule has 27 heteroatoms. The lowest BCUT2D eigenvalue weighted by Gasteiger charge is -2.29. The Balaban J connectivity index is 0.000000244. The second kappa shape index (κ2) is 21.5. The fourth-order valence-corrected chi connectivity index (χ4v) is 8.50. The molecule has 1 fully saturated rings. The van der Waals surface area contributed by atoms with Gasteiger partial charge < -0.3 is 36.6 Å². The number of rotatable bonds is 11. The number of fused-ring (bicyclic) bond motifs is 2. The SMILES string of the molecule is CCN(C(=O)C(=O)Nc1cnc(N)c2cn[nH]c12)C(C)c1ccc(C(F)(F)C(F)(F)F)cc1C.CCN(C(=O)C(=O)Nc1cnc(N)c2cnn(C3CCCCO3)c12)C(C)c1ccc(C(F)(F)C(F)(F)F)cc1C. The number of carbonyl (C=O) groups is 4. The van der Waals surface area contributed by atoms with E-state index < -0.39 is 71.0 Å². The van der Waals surface area contributed by atoms with Gasteiger partial charge >= 0.3 is 47.8 Å². The van der Waals surface area contributed by atoms with Gasteiger partial charge in [0.1, 0.15) is 17.2 Å². The number of nitrogens with one attached hydrogen (secondary N) is 3. The number of anilines is 4. The Morgan fingerprint density at radius 1 is 0.716 bits per heavy atom. The molecule has 17 nitrogen and oxygen atoms in total. The fraction of sp³-hybridized carbons (Fsp3) is 0.404. The molecule has 6 aromatic rings. The van der Waals surface area contributed by atoms with Crippen LogP contribution in [-0.2, 0) is 35.8 Å². The van der Waals surface area contributed by atoms with Crippen molar-refractivity contribution in [1.29, 1.82) is 0 Å². The number of hydrogen-bond donors (Lipinski definition) is 5. The maximum absolute atomic E-state index is 13.8. The van der Waals surface area contributed by atoms with Gasteiger partial charge in [-0.3, -0.25) is 24.3 Å². The van der Waals surface area contributed by atoms with Crippen molar-refractivity contribution in [3.05, 3.63) is 94.6 Å². The summed E-state index contributed by atoms with van der Waals surface area (Å²) in [5, 5.41) is 16.8. The van der Waals surface area contributed by atoms with E-state index in [-0.39, 0.29) is 53.5 Å². The summed E-state index contributed by atoms with van der Waals surface area (Å²) in [6.07, 6.45) is -3.88. The molecule has 1 aliphatic heterocycles. The Hall–Kier alpha value is -7.58. The molecule has 5 heterocycles. The molecule has 4 amide bonds. The second-order valence-electron chi connectivity index (χ2n) is 17.2. The molecule has 2 aromatic carbocycles. The van der Waals surface area contributed by atoms with Gasteiger partial charge in [-0.25, -0.2) is 14.6 Å². The second-order valence-corrected chi connectivity index (χ2v) is 17.2. The highest BCUT2D eigenvalue weighted by Gasteiger charge is 2.59. The number of aromatic amines is 1. The van der Waals surface area contributed by atoms with E-state index in [0.717, 1.165) is 42.0 Å². The minimum absolute atomic E-state index is 0.0522. The van der Waals surface area contributed by atoms with Crippen molar-refractivity contribution >= 4 is 68.4 Å². The highest BCUT2D eigenvalue weighted by atomic mass is 19.4. The first kappa shape index (κ1) is 55.7. The van der Waals surface area contributed by atoms with Gasteiger partial charge in [-0.15, -0.1) is 0 Å². The number of aryl methyl sites for hydroxylation is 2. The number of H-pyrrole nitrogens is 1. The van der Waals surface area contributed by atoms with Crippen molar-refractivity contribution in [1.82, 2.24) is 39.7 Å². The quantitative estimate of drug-likeness (QED) is 0.0606. The maximum atomic E-state index is 13.8. The van der Waals surface area contributed by atoms with Crippen LogP contribution in [0.15, 0.2) is 61.2 Å². The number of pyridine rings is 2. The minimum atomic E-state index is -5.75. The van der Waals surface area contributed by atoms with E-state index in [1.807, 2.05) is 0 Å². The summed E-state index contributed by atoms with van der Waals surface area (Å²) in [7, 11) is 0. The van der Waals surface area contributed by atoms with Crippen LogP contribution in [0.25, 0.3) is 21.8 Å². The monoisotopic (exact) mass is 1050 g/mol. The molecule has 0 spiro atoms. The third-order valence-electron chi connectivity index (χ3n) is 12.5. The van der Waals surface area contributed by atoms with Crippen molar-refractivity contribution in [2.75, 3.05) is 41.8 Å². The molecule has 3 unspecified atom stereocenters. The average molecular weight is 1050 g/mol. The average Bonchev–Trinajstić information content (AvgIpc) is 4.04. The van der Waals surface area contributed by atoms with Crippen molar-refractivity contribution in [3.8, 4) is 0 Å². The first-order valence-corrected chi connectivity index (χ1v) is 22.7. The predicted molar refractivity (Wildman–Crippen MR) is 250 cm³/mol. The van der Waals surface area contributed by atoms with E-state index in [0.29, 0.717) is 58.1 Å². The smallest absolute Gasteiger partial charge is 0.383 e. The van der Waals surface area contributed by atoms with E-state index in [2.05, 4.69) is 35.9 Å². The molecule has 0 saturated carbocycles. The zero-order valence-electron chi connectivity index (χ0n) is 40.4. The molecule has 0 bridgehead atoms. The van der Waals surface area contributed by atoms with Gasteiger partial charge in [0.05, 0.1) is 64.5 Å². The lowest BCUT2D eigenvalue weighted by molar-refractivity contribution is -0.289. The highest BCUT2D eigenvalue weighted by molar-refractivity contribution is 6.40. The molecular formula is C47H50F10N12O5. The summed E-state index contributed by atoms with van der Waals surface area (Å²) in [5.74, 6) is -13.6. The van der Waals surface area contributed by atoms with E-state index >= 15 is 0 Å². The van der Waals surface area contributed by atoms with Crippen molar-refractivity contribution < 1.29 is 67.8 Å². The van der Waals surface area contributed by atoms with E-state index in [4.69, 9.17) is 16.2 Å². The minimum Gasteiger partial charge on any atom is -0.383 e. The van der Waals surface area contributed by atoms with Crippen LogP contribution in [0.3, 0.4) is 0 Å². The Labute approximate surface area is 415 Å². The van der Waals surface area contributed by atoms with Crippen LogP contribution in [0.4, 0.5) is 66.9 Å². The summed E-state index contributed by atoms with van der Waals surface area (Å²) in [5.41, 5.74) is 11.3. The van der Waals surface area contributed by atoms with Crippen molar-refractivity contribution in [2.24, 2.45) is 0 Å². The normalized spacial score (nSPS) is 15.2. The topological polar surface area (TPSA) is 232 Å². The molecule has 0 aliphatic carbocycles. The van der Waals surface area contributed by atoms with Gasteiger partial charge in [0.2, 0.25) is 0 Å². The molecule has 0 radical (unpaired) electrons. The van der Waals surface area contributed by atoms with Gasteiger partial charge in [-0.2, -0.15) is 54.1 Å². The van der Waals surface area contributed by atoms with Crippen LogP contribution in [0, 0.1) is 13.8 Å². The Bertz CT molecular complexity index is 3060. The molecule has 7 N–H and O–H groups in total. The zero-order valence-corrected chi connectivity index (χ0v) is 40.4. The van der Waals surface area contributed by atoms with Crippen LogP contribution < -0.4 is 22.1 Å². The Morgan fingerprint density at radius 2 is 1.19 bits per heavy atom. The van der Waals surface area contributed by atoms with E-state index in [1.54, 1.807) is 25.5 Å². The summed E-state index contributed by atoms with van der Waals surface area (Å²) >= 11 is 0. The number of hydrogen-bond acceptors (Lipinski definition) is 11. The van der Waals surface area contributed by atoms with Crippen LogP contribution in [-0.4, -0.2) is 95.4 Å². The standard InChI is InChI=1S/C26H29F5N6O3.C21H21F5N6O2/c1-4-36(15(3)17-9-8-16(11-14(17)2)25(27,28)26(29,30)31)24(39)23(38)35-19-13-33-22(32)18-12-34-37(21(18)19)20-7-5-6-10-40-20;1-4-32(11(3)13-6-5-12(7-10(13)2)20(22,23)21(24,25)26)19(34)18(33)30-15-9-28-17(27)14-8-29-31-16(14)15/h8-9,11-13,15,20H,4-7,10H2,1-3H3,(H2,32,33)(H,35,38);5-9,11H,4H2,1-3H3,(H2,27,28)(H,29,31)(H,30,33). The van der Waals surface area contributed by atoms with Gasteiger partial charge in [0.25, 0.3) is 0 Å². The lowest BCUT2D eigenvalue weighted by atomic mass is 9.96. The predicted octanol–water partition coefficient (Wildman–Crippen LogP) is 9.27. The third-order valence-corrected chi connectivity index (χ3v) is 12.5. The number of ether oxygens (including phenoxy) is 1. The third kappa shape index (κ3) is 11.0. The molecule has 4 aromatic heterocycles. The number of alkyl halides is 10. The Kier molecular flexibility index (Phi) is 16.2. The summed E-state index contributed by atoms with van der Waals surface area (Å²) in [4.78, 5) is 62.3. The molecule has 1 aliphatic rings.